The maximum atomic E-state index is 12.0. The zero-order valence-electron chi connectivity index (χ0n) is 16.2. The Balaban J connectivity index is 1.41. The van der Waals surface area contributed by atoms with Crippen LogP contribution in [0.1, 0.15) is 16.9 Å². The molecule has 6 nitrogen and oxygen atoms in total. The monoisotopic (exact) mass is 387 g/mol. The van der Waals surface area contributed by atoms with Crippen molar-refractivity contribution < 1.29 is 13.6 Å². The number of carbonyl (C=O) groups is 1. The number of amides is 2. The molecule has 29 heavy (non-hydrogen) atoms. The number of nitrogens with one attached hydrogen (secondary N) is 2. The summed E-state index contributed by atoms with van der Waals surface area (Å²) in [6.07, 6.45) is 3.24. The molecule has 6 heteroatoms. The highest BCUT2D eigenvalue weighted by atomic mass is 16.3. The fourth-order valence-corrected chi connectivity index (χ4v) is 3.08. The van der Waals surface area contributed by atoms with E-state index >= 15 is 0 Å². The molecule has 0 fully saturated rings. The standard InChI is InChI=1S/C23H21N3O3/c1-15-5-10-20(16(2)12-15)21-14-29-22(26-21)17-6-8-18(9-7-17)25-23(27)24-13-19-4-3-11-28-19/h3-12,14H,13H2,1-2H3,(H2,24,25,27). The Morgan fingerprint density at radius 2 is 1.86 bits per heavy atom. The Kier molecular flexibility index (Phi) is 5.16. The molecular formula is C23H21N3O3. The number of oxazole rings is 1. The van der Waals surface area contributed by atoms with Crippen LogP contribution in [-0.2, 0) is 6.54 Å². The smallest absolute Gasteiger partial charge is 0.319 e. The lowest BCUT2D eigenvalue weighted by molar-refractivity contribution is 0.251. The van der Waals surface area contributed by atoms with Crippen molar-refractivity contribution in [2.75, 3.05) is 5.32 Å². The van der Waals surface area contributed by atoms with Gasteiger partial charge >= 0.3 is 6.03 Å². The van der Waals surface area contributed by atoms with Gasteiger partial charge in [-0.25, -0.2) is 9.78 Å². The van der Waals surface area contributed by atoms with E-state index < -0.39 is 0 Å². The molecule has 4 rings (SSSR count). The number of benzene rings is 2. The van der Waals surface area contributed by atoms with E-state index in [1.165, 1.54) is 5.56 Å². The fourth-order valence-electron chi connectivity index (χ4n) is 3.08. The van der Waals surface area contributed by atoms with Gasteiger partial charge < -0.3 is 19.5 Å². The molecule has 2 aromatic heterocycles. The van der Waals surface area contributed by atoms with Crippen LogP contribution in [0.15, 0.2) is 76.0 Å². The molecule has 0 saturated heterocycles. The van der Waals surface area contributed by atoms with Crippen LogP contribution in [-0.4, -0.2) is 11.0 Å². The summed E-state index contributed by atoms with van der Waals surface area (Å²) in [5.74, 6) is 1.23. The molecule has 2 N–H and O–H groups in total. The number of aryl methyl sites for hydroxylation is 2. The van der Waals surface area contributed by atoms with E-state index in [2.05, 4.69) is 47.7 Å². The molecule has 0 bridgehead atoms. The van der Waals surface area contributed by atoms with Crippen LogP contribution in [0.5, 0.6) is 0 Å². The highest BCUT2D eigenvalue weighted by Crippen LogP contribution is 2.28. The number of anilines is 1. The Labute approximate surface area is 168 Å². The summed E-state index contributed by atoms with van der Waals surface area (Å²) in [5, 5.41) is 5.52. The summed E-state index contributed by atoms with van der Waals surface area (Å²) in [6, 6.07) is 16.9. The lowest BCUT2D eigenvalue weighted by Gasteiger charge is -2.07. The third kappa shape index (κ3) is 4.38. The highest BCUT2D eigenvalue weighted by Gasteiger charge is 2.11. The first-order chi connectivity index (χ1) is 14.1. The van der Waals surface area contributed by atoms with Gasteiger partial charge in [0.05, 0.1) is 12.8 Å². The van der Waals surface area contributed by atoms with Crippen LogP contribution in [0.4, 0.5) is 10.5 Å². The molecule has 0 atom stereocenters. The van der Waals surface area contributed by atoms with Crippen LogP contribution < -0.4 is 10.6 Å². The van der Waals surface area contributed by atoms with Crippen LogP contribution in [0, 0.1) is 13.8 Å². The van der Waals surface area contributed by atoms with E-state index in [0.29, 0.717) is 23.9 Å². The number of aromatic nitrogens is 1. The fraction of sp³-hybridized carbons (Fsp3) is 0.130. The van der Waals surface area contributed by atoms with E-state index in [4.69, 9.17) is 8.83 Å². The molecule has 0 aliphatic carbocycles. The Morgan fingerprint density at radius 1 is 1.03 bits per heavy atom. The van der Waals surface area contributed by atoms with Gasteiger partial charge in [0, 0.05) is 16.8 Å². The van der Waals surface area contributed by atoms with Crippen LogP contribution in [0.3, 0.4) is 0 Å². The van der Waals surface area contributed by atoms with Crippen molar-refractivity contribution in [1.29, 1.82) is 0 Å². The topological polar surface area (TPSA) is 80.3 Å². The summed E-state index contributed by atoms with van der Waals surface area (Å²) in [6.45, 7) is 4.46. The van der Waals surface area contributed by atoms with Crippen molar-refractivity contribution in [3.63, 3.8) is 0 Å². The quantitative estimate of drug-likeness (QED) is 0.471. The normalized spacial score (nSPS) is 10.7. The zero-order chi connectivity index (χ0) is 20.2. The second kappa shape index (κ2) is 8.06. The second-order valence-electron chi connectivity index (χ2n) is 6.82. The van der Waals surface area contributed by atoms with Gasteiger partial charge in [-0.05, 0) is 55.8 Å². The van der Waals surface area contributed by atoms with Crippen molar-refractivity contribution in [3.05, 3.63) is 84.0 Å². The van der Waals surface area contributed by atoms with E-state index in [0.717, 1.165) is 22.4 Å². The average Bonchev–Trinajstić information content (AvgIpc) is 3.39. The minimum atomic E-state index is -0.303. The maximum Gasteiger partial charge on any atom is 0.319 e. The second-order valence-corrected chi connectivity index (χ2v) is 6.82. The van der Waals surface area contributed by atoms with Crippen molar-refractivity contribution >= 4 is 11.7 Å². The molecule has 2 amide bonds. The lowest BCUT2D eigenvalue weighted by atomic mass is 10.0. The number of carbonyl (C=O) groups excluding carboxylic acids is 1. The molecule has 146 valence electrons. The lowest BCUT2D eigenvalue weighted by Crippen LogP contribution is -2.27. The number of nitrogens with zero attached hydrogens (tertiary/aromatic N) is 1. The third-order valence-electron chi connectivity index (χ3n) is 4.56. The largest absolute Gasteiger partial charge is 0.467 e. The first kappa shape index (κ1) is 18.6. The average molecular weight is 387 g/mol. The molecule has 4 aromatic rings. The SMILES string of the molecule is Cc1ccc(-c2coc(-c3ccc(NC(=O)NCc4ccco4)cc3)n2)c(C)c1. The van der Waals surface area contributed by atoms with Crippen LogP contribution in [0.2, 0.25) is 0 Å². The molecular weight excluding hydrogens is 366 g/mol. The van der Waals surface area contributed by atoms with Crippen molar-refractivity contribution in [2.24, 2.45) is 0 Å². The Morgan fingerprint density at radius 3 is 2.59 bits per heavy atom. The molecule has 0 spiro atoms. The van der Waals surface area contributed by atoms with Gasteiger partial charge in [-0.1, -0.05) is 23.8 Å². The molecule has 0 aliphatic rings. The van der Waals surface area contributed by atoms with Gasteiger partial charge in [0.1, 0.15) is 17.7 Å². The molecule has 0 saturated carbocycles. The zero-order valence-corrected chi connectivity index (χ0v) is 16.2. The maximum absolute atomic E-state index is 12.0. The highest BCUT2D eigenvalue weighted by molar-refractivity contribution is 5.89. The van der Waals surface area contributed by atoms with E-state index in [1.807, 2.05) is 24.3 Å². The minimum Gasteiger partial charge on any atom is -0.467 e. The van der Waals surface area contributed by atoms with E-state index in [-0.39, 0.29) is 6.03 Å². The summed E-state index contributed by atoms with van der Waals surface area (Å²) in [5.41, 5.74) is 5.74. The van der Waals surface area contributed by atoms with Crippen molar-refractivity contribution in [2.45, 2.75) is 20.4 Å². The molecule has 0 aliphatic heterocycles. The molecule has 0 unspecified atom stereocenters. The Hall–Kier alpha value is -3.80. The first-order valence-corrected chi connectivity index (χ1v) is 9.29. The number of urea groups is 1. The van der Waals surface area contributed by atoms with Gasteiger partial charge in [-0.15, -0.1) is 0 Å². The number of hydrogen-bond acceptors (Lipinski definition) is 4. The molecule has 2 heterocycles. The van der Waals surface area contributed by atoms with E-state index in [9.17, 15) is 4.79 Å². The van der Waals surface area contributed by atoms with Gasteiger partial charge in [0.15, 0.2) is 0 Å². The van der Waals surface area contributed by atoms with Crippen molar-refractivity contribution in [1.82, 2.24) is 10.3 Å². The van der Waals surface area contributed by atoms with Gasteiger partial charge in [-0.2, -0.15) is 0 Å². The van der Waals surface area contributed by atoms with Crippen molar-refractivity contribution in [3.8, 4) is 22.7 Å². The van der Waals surface area contributed by atoms with Gasteiger partial charge in [0.25, 0.3) is 0 Å². The summed E-state index contributed by atoms with van der Waals surface area (Å²) in [7, 11) is 0. The number of furan rings is 1. The van der Waals surface area contributed by atoms with Crippen LogP contribution >= 0.6 is 0 Å². The predicted octanol–water partition coefficient (Wildman–Crippen LogP) is 5.54. The summed E-state index contributed by atoms with van der Waals surface area (Å²) in [4.78, 5) is 16.6. The summed E-state index contributed by atoms with van der Waals surface area (Å²) < 4.78 is 10.9. The third-order valence-corrected chi connectivity index (χ3v) is 4.56. The Bertz CT molecular complexity index is 1110. The number of hydrogen-bond donors (Lipinski definition) is 2. The summed E-state index contributed by atoms with van der Waals surface area (Å²) >= 11 is 0. The van der Waals surface area contributed by atoms with Gasteiger partial charge in [-0.3, -0.25) is 0 Å². The van der Waals surface area contributed by atoms with E-state index in [1.54, 1.807) is 24.7 Å². The molecule has 0 radical (unpaired) electrons. The van der Waals surface area contributed by atoms with Crippen LogP contribution in [0.25, 0.3) is 22.7 Å². The predicted molar refractivity (Wildman–Crippen MR) is 111 cm³/mol. The first-order valence-electron chi connectivity index (χ1n) is 9.29. The minimum absolute atomic E-state index is 0.303. The van der Waals surface area contributed by atoms with Gasteiger partial charge in [0.2, 0.25) is 5.89 Å². The number of rotatable bonds is 5. The molecule has 2 aromatic carbocycles.